The molecular weight excluding hydrogens is 307 g/mol. The Morgan fingerprint density at radius 3 is 2.20 bits per heavy atom. The Morgan fingerprint density at radius 2 is 1.70 bits per heavy atom. The van der Waals surface area contributed by atoms with Gasteiger partial charge < -0.3 is 4.74 Å². The van der Waals surface area contributed by atoms with E-state index in [4.69, 9.17) is 27.9 Å². The summed E-state index contributed by atoms with van der Waals surface area (Å²) in [7, 11) is 1.24. The molecule has 0 atom stereocenters. The van der Waals surface area contributed by atoms with Crippen LogP contribution in [0, 0.1) is 0 Å². The first-order valence-electron chi connectivity index (χ1n) is 5.64. The number of hydrogen-bond acceptors (Lipinski definition) is 4. The summed E-state index contributed by atoms with van der Waals surface area (Å²) in [5.41, 5.74) is 0. The van der Waals surface area contributed by atoms with E-state index in [2.05, 4.69) is 0 Å². The van der Waals surface area contributed by atoms with E-state index in [1.807, 2.05) is 0 Å². The molecule has 1 saturated heterocycles. The minimum Gasteiger partial charge on any atom is -0.489 e. The first-order valence-corrected chi connectivity index (χ1v) is 6.39. The molecule has 6 nitrogen and oxygen atoms in total. The van der Waals surface area contributed by atoms with Crippen LogP contribution in [0.25, 0.3) is 0 Å². The van der Waals surface area contributed by atoms with Gasteiger partial charge in [-0.2, -0.15) is 0 Å². The van der Waals surface area contributed by atoms with Gasteiger partial charge >= 0.3 is 17.8 Å². The largest absolute Gasteiger partial charge is 0.489 e. The molecule has 0 spiro atoms. The zero-order chi connectivity index (χ0) is 14.9. The molecule has 0 radical (unpaired) electrons. The summed E-state index contributed by atoms with van der Waals surface area (Å²) in [4.78, 5) is 36.0. The van der Waals surface area contributed by atoms with Gasteiger partial charge in [0.05, 0.1) is 16.6 Å². The molecule has 0 aromatic heterocycles. The molecule has 0 unspecified atom stereocenters. The average molecular weight is 317 g/mol. The maximum atomic E-state index is 11.6. The smallest absolute Gasteiger partial charge is 0.334 e. The molecule has 1 aromatic carbocycles. The van der Waals surface area contributed by atoms with Crippen molar-refractivity contribution in [2.75, 3.05) is 20.2 Å². The third-order valence-corrected chi connectivity index (χ3v) is 3.33. The molecule has 1 heterocycles. The maximum absolute atomic E-state index is 11.6. The lowest BCUT2D eigenvalue weighted by Gasteiger charge is -2.14. The SMILES string of the molecule is CN1C(=O)C(=O)N(CCOc2c(Cl)cccc2Cl)C1=O. The van der Waals surface area contributed by atoms with Crippen molar-refractivity contribution in [1.82, 2.24) is 9.80 Å². The fourth-order valence-electron chi connectivity index (χ4n) is 1.67. The number of rotatable bonds is 4. The van der Waals surface area contributed by atoms with Crippen molar-refractivity contribution >= 4 is 41.0 Å². The lowest BCUT2D eigenvalue weighted by atomic mass is 10.3. The highest BCUT2D eigenvalue weighted by molar-refractivity contribution is 6.44. The third kappa shape index (κ3) is 2.57. The summed E-state index contributed by atoms with van der Waals surface area (Å²) in [6.45, 7) is -0.0721. The van der Waals surface area contributed by atoms with Gasteiger partial charge in [-0.1, -0.05) is 29.3 Å². The van der Waals surface area contributed by atoms with E-state index in [1.165, 1.54) is 7.05 Å². The number of nitrogens with zero attached hydrogens (tertiary/aromatic N) is 2. The highest BCUT2D eigenvalue weighted by Crippen LogP contribution is 2.32. The van der Waals surface area contributed by atoms with Crippen molar-refractivity contribution in [2.45, 2.75) is 0 Å². The van der Waals surface area contributed by atoms with Gasteiger partial charge in [0, 0.05) is 7.05 Å². The quantitative estimate of drug-likeness (QED) is 0.627. The van der Waals surface area contributed by atoms with E-state index < -0.39 is 17.8 Å². The third-order valence-electron chi connectivity index (χ3n) is 2.73. The highest BCUT2D eigenvalue weighted by atomic mass is 35.5. The van der Waals surface area contributed by atoms with Gasteiger partial charge in [0.15, 0.2) is 5.75 Å². The van der Waals surface area contributed by atoms with E-state index >= 15 is 0 Å². The molecule has 2 rings (SSSR count). The maximum Gasteiger partial charge on any atom is 0.334 e. The number of para-hydroxylation sites is 1. The topological polar surface area (TPSA) is 66.9 Å². The zero-order valence-electron chi connectivity index (χ0n) is 10.4. The average Bonchev–Trinajstić information content (AvgIpc) is 2.59. The molecule has 1 aliphatic rings. The van der Waals surface area contributed by atoms with Gasteiger partial charge in [-0.25, -0.2) is 4.79 Å². The molecule has 0 bridgehead atoms. The summed E-state index contributed by atoms with van der Waals surface area (Å²) in [5.74, 6) is -1.45. The van der Waals surface area contributed by atoms with Gasteiger partial charge in [0.1, 0.15) is 6.61 Å². The zero-order valence-corrected chi connectivity index (χ0v) is 11.9. The predicted molar refractivity (Wildman–Crippen MR) is 71.8 cm³/mol. The van der Waals surface area contributed by atoms with Crippen molar-refractivity contribution < 1.29 is 19.1 Å². The minimum absolute atomic E-state index is 0.0119. The molecule has 20 heavy (non-hydrogen) atoms. The van der Waals surface area contributed by atoms with E-state index in [-0.39, 0.29) is 18.9 Å². The van der Waals surface area contributed by atoms with Crippen LogP contribution in [-0.4, -0.2) is 47.8 Å². The van der Waals surface area contributed by atoms with Crippen LogP contribution in [0.2, 0.25) is 10.0 Å². The van der Waals surface area contributed by atoms with Crippen molar-refractivity contribution in [3.05, 3.63) is 28.2 Å². The fourth-order valence-corrected chi connectivity index (χ4v) is 2.18. The standard InChI is InChI=1S/C12H10Cl2N2O4/c1-15-10(17)11(18)16(12(15)19)5-6-20-9-7(13)3-2-4-8(9)14/h2-4H,5-6H2,1H3. The lowest BCUT2D eigenvalue weighted by Crippen LogP contribution is -2.35. The first kappa shape index (κ1) is 14.6. The minimum atomic E-state index is -0.869. The fraction of sp³-hybridized carbons (Fsp3) is 0.250. The molecule has 1 aliphatic heterocycles. The Balaban J connectivity index is 1.99. The second-order valence-corrected chi connectivity index (χ2v) is 4.82. The van der Waals surface area contributed by atoms with Crippen LogP contribution in [0.15, 0.2) is 18.2 Å². The number of urea groups is 1. The van der Waals surface area contributed by atoms with Gasteiger partial charge in [-0.05, 0) is 12.1 Å². The Bertz CT molecular complexity index is 571. The molecule has 1 aromatic rings. The number of hydrogen-bond donors (Lipinski definition) is 0. The number of likely N-dealkylation sites (N-methyl/N-ethyl adjacent to an activating group) is 1. The van der Waals surface area contributed by atoms with Gasteiger partial charge in [-0.3, -0.25) is 19.4 Å². The summed E-state index contributed by atoms with van der Waals surface area (Å²) >= 11 is 11.8. The highest BCUT2D eigenvalue weighted by Gasteiger charge is 2.41. The Hall–Kier alpha value is -1.79. The lowest BCUT2D eigenvalue weighted by molar-refractivity contribution is -0.142. The van der Waals surface area contributed by atoms with Crippen molar-refractivity contribution in [1.29, 1.82) is 0 Å². The summed E-state index contributed by atoms with van der Waals surface area (Å²) in [6.07, 6.45) is 0. The van der Waals surface area contributed by atoms with Crippen LogP contribution in [0.5, 0.6) is 5.75 Å². The Labute approximate surface area is 124 Å². The summed E-state index contributed by atoms with van der Waals surface area (Å²) in [6, 6.07) is 4.20. The number of ether oxygens (including phenoxy) is 1. The van der Waals surface area contributed by atoms with Crippen molar-refractivity contribution in [3.63, 3.8) is 0 Å². The molecule has 4 amide bonds. The van der Waals surface area contributed by atoms with Crippen molar-refractivity contribution in [3.8, 4) is 5.75 Å². The molecule has 0 aliphatic carbocycles. The number of carbonyl (C=O) groups excluding carboxylic acids is 3. The van der Waals surface area contributed by atoms with Gasteiger partial charge in [0.25, 0.3) is 0 Å². The van der Waals surface area contributed by atoms with Crippen LogP contribution < -0.4 is 4.74 Å². The Kier molecular flexibility index (Phi) is 4.15. The van der Waals surface area contributed by atoms with E-state index in [1.54, 1.807) is 18.2 Å². The number of halogens is 2. The van der Waals surface area contributed by atoms with Crippen LogP contribution in [0.4, 0.5) is 4.79 Å². The number of benzene rings is 1. The van der Waals surface area contributed by atoms with Crippen LogP contribution in [0.3, 0.4) is 0 Å². The molecule has 0 N–H and O–H groups in total. The van der Waals surface area contributed by atoms with Crippen LogP contribution >= 0.6 is 23.2 Å². The molecule has 106 valence electrons. The number of amides is 4. The van der Waals surface area contributed by atoms with Crippen molar-refractivity contribution in [2.24, 2.45) is 0 Å². The number of carbonyl (C=O) groups is 3. The molecular formula is C12H10Cl2N2O4. The first-order chi connectivity index (χ1) is 9.43. The second kappa shape index (κ2) is 5.68. The molecule has 1 fully saturated rings. The number of imide groups is 2. The normalized spacial score (nSPS) is 15.2. The molecule has 8 heteroatoms. The Morgan fingerprint density at radius 1 is 1.10 bits per heavy atom. The van der Waals surface area contributed by atoms with E-state index in [9.17, 15) is 14.4 Å². The van der Waals surface area contributed by atoms with Gasteiger partial charge in [-0.15, -0.1) is 0 Å². The molecule has 0 saturated carbocycles. The van der Waals surface area contributed by atoms with Crippen LogP contribution in [0.1, 0.15) is 0 Å². The van der Waals surface area contributed by atoms with Gasteiger partial charge in [0.2, 0.25) is 0 Å². The summed E-state index contributed by atoms with van der Waals surface area (Å²) < 4.78 is 5.36. The summed E-state index contributed by atoms with van der Waals surface area (Å²) in [5, 5.41) is 0.648. The van der Waals surface area contributed by atoms with Crippen LogP contribution in [-0.2, 0) is 9.59 Å². The monoisotopic (exact) mass is 316 g/mol. The van der Waals surface area contributed by atoms with E-state index in [0.29, 0.717) is 10.0 Å². The second-order valence-electron chi connectivity index (χ2n) is 4.00. The predicted octanol–water partition coefficient (Wildman–Crippen LogP) is 1.79. The van der Waals surface area contributed by atoms with E-state index in [0.717, 1.165) is 9.80 Å².